The molecule has 0 radical (unpaired) electrons. The van der Waals surface area contributed by atoms with Gasteiger partial charge in [-0.1, -0.05) is 57.3 Å². The number of methoxy groups -OCH3 is 1. The van der Waals surface area contributed by atoms with Crippen LogP contribution in [0, 0.1) is 11.8 Å². The summed E-state index contributed by atoms with van der Waals surface area (Å²) < 4.78 is 4.59. The Balaban J connectivity index is 3.45. The van der Waals surface area contributed by atoms with Gasteiger partial charge in [0, 0.05) is 12.8 Å². The molecule has 0 spiro atoms. The summed E-state index contributed by atoms with van der Waals surface area (Å²) in [5.41, 5.74) is 0. The van der Waals surface area contributed by atoms with Crippen molar-refractivity contribution in [1.29, 1.82) is 0 Å². The smallest absolute Gasteiger partial charge is 0.305 e. The Labute approximate surface area is 136 Å². The van der Waals surface area contributed by atoms with Crippen molar-refractivity contribution in [3.63, 3.8) is 0 Å². The molecule has 0 aromatic carbocycles. The third kappa shape index (κ3) is 15.1. The van der Waals surface area contributed by atoms with Gasteiger partial charge in [-0.2, -0.15) is 0 Å². The van der Waals surface area contributed by atoms with Gasteiger partial charge in [0.15, 0.2) is 0 Å². The van der Waals surface area contributed by atoms with Crippen molar-refractivity contribution < 1.29 is 14.6 Å². The van der Waals surface area contributed by atoms with Crippen molar-refractivity contribution in [1.82, 2.24) is 0 Å². The number of rotatable bonds is 12. The zero-order chi connectivity index (χ0) is 16.5. The SMILES string of the molecule is CCCCCC#CC=CC(O)CCCCCCCC(=O)OC. The minimum absolute atomic E-state index is 0.128. The maximum absolute atomic E-state index is 10.9. The van der Waals surface area contributed by atoms with E-state index in [-0.39, 0.29) is 12.1 Å². The highest BCUT2D eigenvalue weighted by atomic mass is 16.5. The minimum atomic E-state index is -0.389. The summed E-state index contributed by atoms with van der Waals surface area (Å²) in [5, 5.41) is 9.78. The molecule has 3 heteroatoms. The number of hydrogen-bond acceptors (Lipinski definition) is 3. The van der Waals surface area contributed by atoms with Crippen LogP contribution >= 0.6 is 0 Å². The predicted octanol–water partition coefficient (Wildman–Crippen LogP) is 4.39. The maximum Gasteiger partial charge on any atom is 0.305 e. The molecular formula is C19H32O3. The number of aliphatic hydroxyl groups is 1. The Kier molecular flexibility index (Phi) is 15.2. The Bertz CT molecular complexity index is 349. The van der Waals surface area contributed by atoms with Gasteiger partial charge in [-0.15, -0.1) is 0 Å². The Hall–Kier alpha value is -1.27. The number of esters is 1. The molecule has 1 unspecified atom stereocenters. The lowest BCUT2D eigenvalue weighted by Crippen LogP contribution is -2.01. The number of allylic oxidation sites excluding steroid dienone is 1. The Morgan fingerprint density at radius 3 is 2.59 bits per heavy atom. The quantitative estimate of drug-likeness (QED) is 0.330. The van der Waals surface area contributed by atoms with Crippen LogP contribution in [0.15, 0.2) is 12.2 Å². The van der Waals surface area contributed by atoms with Crippen LogP contribution in [0.2, 0.25) is 0 Å². The normalized spacial score (nSPS) is 12.0. The second-order valence-corrected chi connectivity index (χ2v) is 5.59. The molecule has 0 aliphatic carbocycles. The molecule has 0 bridgehead atoms. The monoisotopic (exact) mass is 308 g/mol. The molecule has 0 saturated carbocycles. The molecule has 0 fully saturated rings. The van der Waals surface area contributed by atoms with Gasteiger partial charge in [0.1, 0.15) is 0 Å². The highest BCUT2D eigenvalue weighted by Gasteiger charge is 2.00. The number of carbonyl (C=O) groups excluding carboxylic acids is 1. The number of hydrogen-bond donors (Lipinski definition) is 1. The third-order valence-corrected chi connectivity index (χ3v) is 3.52. The van der Waals surface area contributed by atoms with Gasteiger partial charge in [-0.3, -0.25) is 4.79 Å². The van der Waals surface area contributed by atoms with E-state index in [4.69, 9.17) is 0 Å². The summed E-state index contributed by atoms with van der Waals surface area (Å²) in [7, 11) is 1.42. The molecule has 0 aromatic heterocycles. The third-order valence-electron chi connectivity index (χ3n) is 3.52. The number of carbonyl (C=O) groups is 1. The van der Waals surface area contributed by atoms with Crippen LogP contribution in [0.4, 0.5) is 0 Å². The van der Waals surface area contributed by atoms with E-state index in [1.54, 1.807) is 12.2 Å². The highest BCUT2D eigenvalue weighted by Crippen LogP contribution is 2.09. The van der Waals surface area contributed by atoms with Gasteiger partial charge < -0.3 is 9.84 Å². The van der Waals surface area contributed by atoms with Crippen LogP contribution in [-0.4, -0.2) is 24.3 Å². The largest absolute Gasteiger partial charge is 0.469 e. The second kappa shape index (κ2) is 16.1. The predicted molar refractivity (Wildman–Crippen MR) is 91.4 cm³/mol. The maximum atomic E-state index is 10.9. The van der Waals surface area contributed by atoms with Crippen LogP contribution in [0.5, 0.6) is 0 Å². The molecule has 0 amide bonds. The van der Waals surface area contributed by atoms with Crippen molar-refractivity contribution in [2.24, 2.45) is 0 Å². The van der Waals surface area contributed by atoms with Gasteiger partial charge in [-0.05, 0) is 31.4 Å². The molecule has 126 valence electrons. The Morgan fingerprint density at radius 1 is 1.14 bits per heavy atom. The van der Waals surface area contributed by atoms with Crippen molar-refractivity contribution in [3.8, 4) is 11.8 Å². The number of unbranched alkanes of at least 4 members (excludes halogenated alkanes) is 7. The lowest BCUT2D eigenvalue weighted by Gasteiger charge is -2.04. The zero-order valence-electron chi connectivity index (χ0n) is 14.3. The summed E-state index contributed by atoms with van der Waals surface area (Å²) in [6.07, 6.45) is 14.2. The van der Waals surface area contributed by atoms with E-state index in [1.165, 1.54) is 20.0 Å². The van der Waals surface area contributed by atoms with Crippen molar-refractivity contribution in [2.45, 2.75) is 83.7 Å². The minimum Gasteiger partial charge on any atom is -0.469 e. The lowest BCUT2D eigenvalue weighted by atomic mass is 10.1. The molecule has 22 heavy (non-hydrogen) atoms. The van der Waals surface area contributed by atoms with E-state index in [0.29, 0.717) is 6.42 Å². The molecule has 1 atom stereocenters. The van der Waals surface area contributed by atoms with E-state index in [1.807, 2.05) is 0 Å². The molecule has 0 aliphatic heterocycles. The van der Waals surface area contributed by atoms with E-state index < -0.39 is 0 Å². The van der Waals surface area contributed by atoms with Gasteiger partial charge in [-0.25, -0.2) is 0 Å². The number of ether oxygens (including phenoxy) is 1. The first-order valence-corrected chi connectivity index (χ1v) is 8.60. The van der Waals surface area contributed by atoms with E-state index >= 15 is 0 Å². The first-order valence-electron chi connectivity index (χ1n) is 8.60. The Morgan fingerprint density at radius 2 is 1.86 bits per heavy atom. The molecule has 1 N–H and O–H groups in total. The van der Waals surface area contributed by atoms with E-state index in [0.717, 1.165) is 51.4 Å². The fraction of sp³-hybridized carbons (Fsp3) is 0.737. The zero-order valence-corrected chi connectivity index (χ0v) is 14.3. The lowest BCUT2D eigenvalue weighted by molar-refractivity contribution is -0.140. The summed E-state index contributed by atoms with van der Waals surface area (Å²) in [6.45, 7) is 2.18. The van der Waals surface area contributed by atoms with Crippen LogP contribution < -0.4 is 0 Å². The fourth-order valence-electron chi connectivity index (χ4n) is 2.11. The first-order chi connectivity index (χ1) is 10.7. The molecular weight excluding hydrogens is 276 g/mol. The fourth-order valence-corrected chi connectivity index (χ4v) is 2.11. The molecule has 0 heterocycles. The molecule has 0 aromatic rings. The van der Waals surface area contributed by atoms with Gasteiger partial charge in [0.05, 0.1) is 13.2 Å². The summed E-state index contributed by atoms with van der Waals surface area (Å²) in [5.74, 6) is 5.94. The van der Waals surface area contributed by atoms with Crippen LogP contribution in [0.3, 0.4) is 0 Å². The molecule has 0 saturated heterocycles. The van der Waals surface area contributed by atoms with Crippen molar-refractivity contribution in [2.75, 3.05) is 7.11 Å². The first kappa shape index (κ1) is 20.7. The van der Waals surface area contributed by atoms with Gasteiger partial charge in [0.25, 0.3) is 0 Å². The van der Waals surface area contributed by atoms with Gasteiger partial charge >= 0.3 is 5.97 Å². The highest BCUT2D eigenvalue weighted by molar-refractivity contribution is 5.68. The number of aliphatic hydroxyl groups excluding tert-OH is 1. The molecule has 0 rings (SSSR count). The van der Waals surface area contributed by atoms with Gasteiger partial charge in [0.2, 0.25) is 0 Å². The van der Waals surface area contributed by atoms with Crippen LogP contribution in [0.1, 0.15) is 77.6 Å². The summed E-state index contributed by atoms with van der Waals surface area (Å²) >= 11 is 0. The summed E-state index contributed by atoms with van der Waals surface area (Å²) in [4.78, 5) is 10.9. The summed E-state index contributed by atoms with van der Waals surface area (Å²) in [6, 6.07) is 0. The van der Waals surface area contributed by atoms with Crippen molar-refractivity contribution >= 4 is 5.97 Å². The standard InChI is InChI=1S/C19H32O3/c1-3-4-5-6-7-9-12-15-18(20)16-13-10-8-11-14-17-19(21)22-2/h12,15,18,20H,3-6,8,10-11,13-14,16-17H2,1-2H3. The van der Waals surface area contributed by atoms with Crippen LogP contribution in [0.25, 0.3) is 0 Å². The van der Waals surface area contributed by atoms with Crippen LogP contribution in [-0.2, 0) is 9.53 Å². The average molecular weight is 308 g/mol. The average Bonchev–Trinajstić information content (AvgIpc) is 2.52. The second-order valence-electron chi connectivity index (χ2n) is 5.59. The molecule has 0 aliphatic rings. The van der Waals surface area contributed by atoms with Crippen molar-refractivity contribution in [3.05, 3.63) is 12.2 Å². The molecule has 3 nitrogen and oxygen atoms in total. The van der Waals surface area contributed by atoms with E-state index in [2.05, 4.69) is 23.5 Å². The topological polar surface area (TPSA) is 46.5 Å². The van der Waals surface area contributed by atoms with E-state index in [9.17, 15) is 9.90 Å².